The smallest absolute Gasteiger partial charge is 0.191 e. The number of carbonyl (C=O) groups excluding carboxylic acids is 1. The Morgan fingerprint density at radius 1 is 1.14 bits per heavy atom. The number of fused-ring (bicyclic) bond motifs is 1. The predicted octanol–water partition coefficient (Wildman–Crippen LogP) is 4.57. The van der Waals surface area contributed by atoms with Gasteiger partial charge in [0, 0.05) is 41.8 Å². The van der Waals surface area contributed by atoms with E-state index in [9.17, 15) is 9.18 Å². The summed E-state index contributed by atoms with van der Waals surface area (Å²) in [7, 11) is 1.94. The van der Waals surface area contributed by atoms with Crippen LogP contribution in [-0.2, 0) is 13.6 Å². The van der Waals surface area contributed by atoms with Crippen LogP contribution in [0.5, 0.6) is 0 Å². The third-order valence-corrected chi connectivity index (χ3v) is 5.61. The van der Waals surface area contributed by atoms with Crippen LogP contribution < -0.4 is 0 Å². The SMILES string of the molecule is CCn1c(SCC(=O)c2cn(C)c3ccccc23)nnc1-c1cccc(F)c1. The fraction of sp³-hybridized carbons (Fsp3) is 0.190. The molecule has 0 radical (unpaired) electrons. The highest BCUT2D eigenvalue weighted by atomic mass is 32.2. The Labute approximate surface area is 166 Å². The second-order valence-corrected chi connectivity index (χ2v) is 7.39. The van der Waals surface area contributed by atoms with E-state index >= 15 is 0 Å². The molecule has 142 valence electrons. The Kier molecular flexibility index (Phi) is 5.00. The van der Waals surface area contributed by atoms with Crippen LogP contribution in [0.2, 0.25) is 0 Å². The molecule has 0 aliphatic heterocycles. The number of hydrogen-bond acceptors (Lipinski definition) is 4. The number of rotatable bonds is 6. The van der Waals surface area contributed by atoms with Gasteiger partial charge < -0.3 is 9.13 Å². The van der Waals surface area contributed by atoms with Gasteiger partial charge in [0.1, 0.15) is 5.82 Å². The van der Waals surface area contributed by atoms with Crippen molar-refractivity contribution in [3.05, 3.63) is 66.1 Å². The number of thioether (sulfide) groups is 1. The van der Waals surface area contributed by atoms with E-state index in [4.69, 9.17) is 0 Å². The fourth-order valence-electron chi connectivity index (χ4n) is 3.29. The first-order valence-electron chi connectivity index (χ1n) is 8.97. The van der Waals surface area contributed by atoms with Gasteiger partial charge >= 0.3 is 0 Å². The van der Waals surface area contributed by atoms with E-state index in [-0.39, 0.29) is 17.4 Å². The van der Waals surface area contributed by atoms with Gasteiger partial charge in [-0.1, -0.05) is 42.1 Å². The third kappa shape index (κ3) is 3.33. The summed E-state index contributed by atoms with van der Waals surface area (Å²) in [6, 6.07) is 14.1. The molecule has 2 aromatic carbocycles. The first-order valence-corrected chi connectivity index (χ1v) is 9.96. The van der Waals surface area contributed by atoms with Crippen molar-refractivity contribution in [2.45, 2.75) is 18.6 Å². The second-order valence-electron chi connectivity index (χ2n) is 6.44. The molecule has 4 rings (SSSR count). The molecule has 0 saturated heterocycles. The number of ketones is 1. The molecule has 0 aliphatic carbocycles. The molecular formula is C21H19FN4OS. The largest absolute Gasteiger partial charge is 0.350 e. The maximum absolute atomic E-state index is 13.6. The topological polar surface area (TPSA) is 52.7 Å². The van der Waals surface area contributed by atoms with Gasteiger partial charge in [-0.05, 0) is 25.1 Å². The van der Waals surface area contributed by atoms with Crippen molar-refractivity contribution in [3.8, 4) is 11.4 Å². The van der Waals surface area contributed by atoms with E-state index in [1.807, 2.05) is 53.6 Å². The standard InChI is InChI=1S/C21H19FN4OS/c1-3-26-20(14-7-6-8-15(22)11-14)23-24-21(26)28-13-19(27)17-12-25(2)18-10-5-4-9-16(17)18/h4-12H,3,13H2,1-2H3. The van der Waals surface area contributed by atoms with Crippen LogP contribution in [0.4, 0.5) is 4.39 Å². The highest BCUT2D eigenvalue weighted by Crippen LogP contribution is 2.27. The third-order valence-electron chi connectivity index (χ3n) is 4.65. The van der Waals surface area contributed by atoms with Gasteiger partial charge in [0.25, 0.3) is 0 Å². The number of nitrogens with zero attached hydrogens (tertiary/aromatic N) is 4. The molecule has 0 atom stereocenters. The van der Waals surface area contributed by atoms with E-state index in [1.54, 1.807) is 12.1 Å². The minimum atomic E-state index is -0.316. The number of para-hydroxylation sites is 1. The molecule has 0 aliphatic rings. The Morgan fingerprint density at radius 3 is 2.75 bits per heavy atom. The maximum atomic E-state index is 13.6. The highest BCUT2D eigenvalue weighted by Gasteiger charge is 2.18. The highest BCUT2D eigenvalue weighted by molar-refractivity contribution is 7.99. The van der Waals surface area contributed by atoms with Gasteiger partial charge in [0.05, 0.1) is 5.75 Å². The molecule has 2 heterocycles. The van der Waals surface area contributed by atoms with Crippen molar-refractivity contribution in [2.75, 3.05) is 5.75 Å². The van der Waals surface area contributed by atoms with Crippen LogP contribution in [0.25, 0.3) is 22.3 Å². The van der Waals surface area contributed by atoms with Gasteiger partial charge in [-0.3, -0.25) is 4.79 Å². The number of halogens is 1. The molecule has 4 aromatic rings. The van der Waals surface area contributed by atoms with Crippen molar-refractivity contribution >= 4 is 28.4 Å². The van der Waals surface area contributed by atoms with Gasteiger partial charge in [-0.15, -0.1) is 10.2 Å². The lowest BCUT2D eigenvalue weighted by molar-refractivity contribution is 0.102. The average Bonchev–Trinajstić information content (AvgIpc) is 3.27. The number of Topliss-reactive ketones (excluding diaryl/α,β-unsaturated/α-hetero) is 1. The molecule has 0 fully saturated rings. The molecule has 7 heteroatoms. The zero-order chi connectivity index (χ0) is 19.7. The zero-order valence-corrected chi connectivity index (χ0v) is 16.4. The Bertz CT molecular complexity index is 1160. The summed E-state index contributed by atoms with van der Waals surface area (Å²) in [6.07, 6.45) is 1.87. The van der Waals surface area contributed by atoms with E-state index in [0.29, 0.717) is 28.7 Å². The van der Waals surface area contributed by atoms with Crippen molar-refractivity contribution in [1.82, 2.24) is 19.3 Å². The van der Waals surface area contributed by atoms with Crippen LogP contribution >= 0.6 is 11.8 Å². The van der Waals surface area contributed by atoms with Gasteiger partial charge in [-0.25, -0.2) is 4.39 Å². The molecule has 0 bridgehead atoms. The van der Waals surface area contributed by atoms with Crippen LogP contribution in [0.3, 0.4) is 0 Å². The lowest BCUT2D eigenvalue weighted by Gasteiger charge is -2.07. The van der Waals surface area contributed by atoms with Gasteiger partial charge in [-0.2, -0.15) is 0 Å². The van der Waals surface area contributed by atoms with Crippen LogP contribution in [-0.4, -0.2) is 30.9 Å². The van der Waals surface area contributed by atoms with Crippen molar-refractivity contribution in [2.24, 2.45) is 7.05 Å². The summed E-state index contributed by atoms with van der Waals surface area (Å²) in [4.78, 5) is 12.8. The summed E-state index contributed by atoms with van der Waals surface area (Å²) in [6.45, 7) is 2.60. The molecule has 0 amide bonds. The van der Waals surface area contributed by atoms with Crippen LogP contribution in [0.15, 0.2) is 59.9 Å². The number of hydrogen-bond donors (Lipinski definition) is 0. The van der Waals surface area contributed by atoms with E-state index in [1.165, 1.54) is 23.9 Å². The average molecular weight is 394 g/mol. The number of benzene rings is 2. The van der Waals surface area contributed by atoms with Gasteiger partial charge in [0.2, 0.25) is 0 Å². The molecule has 0 saturated carbocycles. The van der Waals surface area contributed by atoms with Crippen molar-refractivity contribution in [1.29, 1.82) is 0 Å². The first kappa shape index (κ1) is 18.4. The summed E-state index contributed by atoms with van der Waals surface area (Å²) in [5.41, 5.74) is 2.40. The summed E-state index contributed by atoms with van der Waals surface area (Å²) in [5, 5.41) is 10.0. The van der Waals surface area contributed by atoms with Crippen molar-refractivity contribution in [3.63, 3.8) is 0 Å². The summed E-state index contributed by atoms with van der Waals surface area (Å²) < 4.78 is 17.4. The molecule has 2 aromatic heterocycles. The first-order chi connectivity index (χ1) is 13.6. The molecule has 28 heavy (non-hydrogen) atoms. The van der Waals surface area contributed by atoms with E-state index < -0.39 is 0 Å². The van der Waals surface area contributed by atoms with E-state index in [0.717, 1.165) is 10.9 Å². The lowest BCUT2D eigenvalue weighted by atomic mass is 10.1. The minimum Gasteiger partial charge on any atom is -0.350 e. The molecule has 5 nitrogen and oxygen atoms in total. The monoisotopic (exact) mass is 394 g/mol. The Morgan fingerprint density at radius 2 is 1.96 bits per heavy atom. The molecular weight excluding hydrogens is 375 g/mol. The van der Waals surface area contributed by atoms with Crippen LogP contribution in [0, 0.1) is 5.82 Å². The number of carbonyl (C=O) groups is 1. The Balaban J connectivity index is 1.57. The maximum Gasteiger partial charge on any atom is 0.191 e. The summed E-state index contributed by atoms with van der Waals surface area (Å²) >= 11 is 1.35. The fourth-order valence-corrected chi connectivity index (χ4v) is 4.18. The van der Waals surface area contributed by atoms with E-state index in [2.05, 4.69) is 10.2 Å². The second kappa shape index (κ2) is 7.59. The number of aromatic nitrogens is 4. The van der Waals surface area contributed by atoms with Crippen molar-refractivity contribution < 1.29 is 9.18 Å². The zero-order valence-electron chi connectivity index (χ0n) is 15.6. The van der Waals surface area contributed by atoms with Crippen LogP contribution in [0.1, 0.15) is 17.3 Å². The predicted molar refractivity (Wildman–Crippen MR) is 109 cm³/mol. The number of aryl methyl sites for hydroxylation is 1. The molecule has 0 unspecified atom stereocenters. The minimum absolute atomic E-state index is 0.0414. The Hall–Kier alpha value is -2.93. The normalized spacial score (nSPS) is 11.2. The summed E-state index contributed by atoms with van der Waals surface area (Å²) in [5.74, 6) is 0.584. The molecule has 0 spiro atoms. The van der Waals surface area contributed by atoms with Gasteiger partial charge in [0.15, 0.2) is 16.8 Å². The molecule has 0 N–H and O–H groups in total. The quantitative estimate of drug-likeness (QED) is 0.355. The lowest BCUT2D eigenvalue weighted by Crippen LogP contribution is -2.05.